The SMILES string of the molecule is CCC(C)CC(C)n1nnnc1C(C)Cl. The van der Waals surface area contributed by atoms with Crippen molar-refractivity contribution < 1.29 is 0 Å². The van der Waals surface area contributed by atoms with Gasteiger partial charge in [0.1, 0.15) is 0 Å². The lowest BCUT2D eigenvalue weighted by molar-refractivity contribution is 0.361. The molecule has 1 heterocycles. The Morgan fingerprint density at radius 3 is 2.53 bits per heavy atom. The largest absolute Gasteiger partial charge is 0.225 e. The van der Waals surface area contributed by atoms with Crippen molar-refractivity contribution in [3.63, 3.8) is 0 Å². The van der Waals surface area contributed by atoms with Gasteiger partial charge in [-0.2, -0.15) is 0 Å². The highest BCUT2D eigenvalue weighted by molar-refractivity contribution is 6.20. The quantitative estimate of drug-likeness (QED) is 0.731. The summed E-state index contributed by atoms with van der Waals surface area (Å²) in [7, 11) is 0. The lowest BCUT2D eigenvalue weighted by atomic mass is 10.0. The van der Waals surface area contributed by atoms with E-state index in [4.69, 9.17) is 11.6 Å². The van der Waals surface area contributed by atoms with Crippen molar-refractivity contribution in [3.8, 4) is 0 Å². The van der Waals surface area contributed by atoms with Crippen LogP contribution in [0.15, 0.2) is 0 Å². The predicted molar refractivity (Wildman–Crippen MR) is 60.9 cm³/mol. The third-order valence-corrected chi connectivity index (χ3v) is 2.93. The molecule has 0 aliphatic heterocycles. The van der Waals surface area contributed by atoms with Crippen molar-refractivity contribution in [2.45, 2.75) is 52.0 Å². The molecular formula is C10H19ClN4. The molecule has 0 saturated heterocycles. The topological polar surface area (TPSA) is 43.6 Å². The molecule has 0 aliphatic rings. The van der Waals surface area contributed by atoms with E-state index < -0.39 is 0 Å². The van der Waals surface area contributed by atoms with E-state index in [9.17, 15) is 0 Å². The molecule has 4 nitrogen and oxygen atoms in total. The molecule has 0 amide bonds. The summed E-state index contributed by atoms with van der Waals surface area (Å²) < 4.78 is 1.84. The molecule has 1 aromatic rings. The first-order valence-electron chi connectivity index (χ1n) is 5.48. The molecule has 86 valence electrons. The van der Waals surface area contributed by atoms with Crippen LogP contribution in [0.2, 0.25) is 0 Å². The number of hydrogen-bond donors (Lipinski definition) is 0. The summed E-state index contributed by atoms with van der Waals surface area (Å²) in [5, 5.41) is 11.5. The molecule has 0 radical (unpaired) electrons. The van der Waals surface area contributed by atoms with Gasteiger partial charge in [-0.3, -0.25) is 0 Å². The van der Waals surface area contributed by atoms with E-state index >= 15 is 0 Å². The van der Waals surface area contributed by atoms with Crippen LogP contribution in [-0.2, 0) is 0 Å². The van der Waals surface area contributed by atoms with Crippen LogP contribution >= 0.6 is 11.6 Å². The van der Waals surface area contributed by atoms with E-state index in [0.717, 1.165) is 12.2 Å². The van der Waals surface area contributed by atoms with Gasteiger partial charge in [0.25, 0.3) is 0 Å². The smallest absolute Gasteiger partial charge is 0.169 e. The fourth-order valence-electron chi connectivity index (χ4n) is 1.63. The minimum atomic E-state index is -0.139. The Morgan fingerprint density at radius 1 is 1.33 bits per heavy atom. The molecule has 1 rings (SSSR count). The third-order valence-electron chi connectivity index (χ3n) is 2.73. The molecule has 0 N–H and O–H groups in total. The van der Waals surface area contributed by atoms with E-state index in [-0.39, 0.29) is 5.38 Å². The highest BCUT2D eigenvalue weighted by atomic mass is 35.5. The molecule has 5 heteroatoms. The average Bonchev–Trinajstić information content (AvgIpc) is 2.65. The molecule has 0 bridgehead atoms. The van der Waals surface area contributed by atoms with E-state index in [0.29, 0.717) is 12.0 Å². The summed E-state index contributed by atoms with van der Waals surface area (Å²) in [6.07, 6.45) is 2.26. The lowest BCUT2D eigenvalue weighted by Gasteiger charge is -2.17. The summed E-state index contributed by atoms with van der Waals surface area (Å²) >= 11 is 6.00. The Bertz CT molecular complexity index is 297. The average molecular weight is 231 g/mol. The molecular weight excluding hydrogens is 212 g/mol. The molecule has 3 atom stereocenters. The maximum absolute atomic E-state index is 6.00. The van der Waals surface area contributed by atoms with Gasteiger partial charge in [-0.05, 0) is 36.6 Å². The van der Waals surface area contributed by atoms with Crippen LogP contribution in [0.25, 0.3) is 0 Å². The lowest BCUT2D eigenvalue weighted by Crippen LogP contribution is -2.14. The maximum atomic E-state index is 6.00. The minimum absolute atomic E-state index is 0.139. The van der Waals surface area contributed by atoms with Crippen LogP contribution in [0.1, 0.15) is 57.8 Å². The van der Waals surface area contributed by atoms with Crippen LogP contribution in [-0.4, -0.2) is 20.2 Å². The number of nitrogens with zero attached hydrogens (tertiary/aromatic N) is 4. The zero-order valence-corrected chi connectivity index (χ0v) is 10.6. The fourth-order valence-corrected chi connectivity index (χ4v) is 1.77. The van der Waals surface area contributed by atoms with E-state index in [1.165, 1.54) is 6.42 Å². The number of tetrazole rings is 1. The summed E-state index contributed by atoms with van der Waals surface area (Å²) in [6.45, 7) is 8.46. The van der Waals surface area contributed by atoms with Gasteiger partial charge in [0.2, 0.25) is 0 Å². The van der Waals surface area contributed by atoms with Crippen molar-refractivity contribution in [1.29, 1.82) is 0 Å². The second kappa shape index (κ2) is 5.45. The molecule has 1 aromatic heterocycles. The molecule has 15 heavy (non-hydrogen) atoms. The molecule has 0 fully saturated rings. The van der Waals surface area contributed by atoms with Crippen molar-refractivity contribution in [1.82, 2.24) is 20.2 Å². The first-order chi connectivity index (χ1) is 7.06. The second-order valence-electron chi connectivity index (χ2n) is 4.20. The standard InChI is InChI=1S/C10H19ClN4/c1-5-7(2)6-8(3)15-10(9(4)11)12-13-14-15/h7-9H,5-6H2,1-4H3. The number of halogens is 1. The summed E-state index contributed by atoms with van der Waals surface area (Å²) in [5.74, 6) is 1.44. The first-order valence-corrected chi connectivity index (χ1v) is 5.91. The van der Waals surface area contributed by atoms with Gasteiger partial charge in [-0.1, -0.05) is 20.3 Å². The molecule has 0 spiro atoms. The first kappa shape index (κ1) is 12.4. The van der Waals surface area contributed by atoms with Crippen LogP contribution < -0.4 is 0 Å². The van der Waals surface area contributed by atoms with E-state index in [1.807, 2.05) is 11.6 Å². The fraction of sp³-hybridized carbons (Fsp3) is 0.900. The molecule has 0 aromatic carbocycles. The highest BCUT2D eigenvalue weighted by Crippen LogP contribution is 2.23. The van der Waals surface area contributed by atoms with Gasteiger partial charge in [0.05, 0.1) is 11.4 Å². The van der Waals surface area contributed by atoms with Crippen molar-refractivity contribution >= 4 is 11.6 Å². The van der Waals surface area contributed by atoms with E-state index in [1.54, 1.807) is 0 Å². The van der Waals surface area contributed by atoms with Gasteiger partial charge < -0.3 is 0 Å². The van der Waals surface area contributed by atoms with Crippen LogP contribution in [0.5, 0.6) is 0 Å². The Labute approximate surface area is 96.0 Å². The maximum Gasteiger partial charge on any atom is 0.169 e. The summed E-state index contributed by atoms with van der Waals surface area (Å²) in [4.78, 5) is 0. The Kier molecular flexibility index (Phi) is 4.51. The van der Waals surface area contributed by atoms with Crippen molar-refractivity contribution in [2.24, 2.45) is 5.92 Å². The van der Waals surface area contributed by atoms with Crippen LogP contribution in [0.3, 0.4) is 0 Å². The van der Waals surface area contributed by atoms with E-state index in [2.05, 4.69) is 36.3 Å². The van der Waals surface area contributed by atoms with Gasteiger partial charge in [-0.25, -0.2) is 4.68 Å². The molecule has 0 saturated carbocycles. The second-order valence-corrected chi connectivity index (χ2v) is 4.85. The van der Waals surface area contributed by atoms with Gasteiger partial charge in [0.15, 0.2) is 5.82 Å². The van der Waals surface area contributed by atoms with Crippen molar-refractivity contribution in [2.75, 3.05) is 0 Å². The summed E-state index contributed by atoms with van der Waals surface area (Å²) in [5.41, 5.74) is 0. The zero-order chi connectivity index (χ0) is 11.4. The van der Waals surface area contributed by atoms with Crippen LogP contribution in [0, 0.1) is 5.92 Å². The predicted octanol–water partition coefficient (Wildman–Crippen LogP) is 2.97. The summed E-state index contributed by atoms with van der Waals surface area (Å²) in [6, 6.07) is 0.311. The minimum Gasteiger partial charge on any atom is -0.225 e. The monoisotopic (exact) mass is 230 g/mol. The highest BCUT2D eigenvalue weighted by Gasteiger charge is 2.17. The zero-order valence-electron chi connectivity index (χ0n) is 9.81. The van der Waals surface area contributed by atoms with Crippen LogP contribution in [0.4, 0.5) is 0 Å². The third kappa shape index (κ3) is 3.16. The Hall–Kier alpha value is -0.640. The van der Waals surface area contributed by atoms with Gasteiger partial charge >= 0.3 is 0 Å². The van der Waals surface area contributed by atoms with Crippen molar-refractivity contribution in [3.05, 3.63) is 5.82 Å². The number of aromatic nitrogens is 4. The number of rotatable bonds is 5. The number of hydrogen-bond acceptors (Lipinski definition) is 3. The van der Waals surface area contributed by atoms with Gasteiger partial charge in [-0.15, -0.1) is 16.7 Å². The Balaban J connectivity index is 2.72. The van der Waals surface area contributed by atoms with Gasteiger partial charge in [0, 0.05) is 0 Å². The number of alkyl halides is 1. The molecule has 3 unspecified atom stereocenters. The Morgan fingerprint density at radius 2 is 2.00 bits per heavy atom. The normalized spacial score (nSPS) is 17.4. The molecule has 0 aliphatic carbocycles.